The Balaban J connectivity index is 1.73. The van der Waals surface area contributed by atoms with Gasteiger partial charge in [-0.25, -0.2) is 0 Å². The zero-order chi connectivity index (χ0) is 21.6. The van der Waals surface area contributed by atoms with Crippen LogP contribution in [0.1, 0.15) is 38.0 Å². The lowest BCUT2D eigenvalue weighted by Crippen LogP contribution is -2.18. The molecule has 4 rings (SSSR count). The highest BCUT2D eigenvalue weighted by molar-refractivity contribution is 7.99. The van der Waals surface area contributed by atoms with Gasteiger partial charge in [0.25, 0.3) is 0 Å². The number of para-hydroxylation sites is 1. The smallest absolute Gasteiger partial charge is 0.247 e. The van der Waals surface area contributed by atoms with Gasteiger partial charge in [-0.15, -0.1) is 10.2 Å². The van der Waals surface area contributed by atoms with Crippen LogP contribution in [0, 0.1) is 0 Å². The molecular weight excluding hydrogens is 412 g/mol. The first-order valence-electron chi connectivity index (χ1n) is 10.4. The number of nitrogens with one attached hydrogen (secondary N) is 1. The zero-order valence-electron chi connectivity index (χ0n) is 17.9. The number of anilines is 1. The van der Waals surface area contributed by atoms with E-state index in [-0.39, 0.29) is 0 Å². The normalized spacial score (nSPS) is 14.5. The Bertz CT molecular complexity index is 1050. The standard InChI is InChI=1S/C23H26N4O3S/c1-4-5-8-13-31-23-25-22-20(26-27-23)16-9-6-7-10-18(16)24-21(30-22)17-14-15(28-2)11-12-19(17)29-3/h6-7,9-12,14,21,24H,4-5,8,13H2,1-3H3/t21-/m0/s1. The molecule has 0 saturated carbocycles. The minimum absolute atomic E-state index is 0.445. The molecule has 0 amide bonds. The Morgan fingerprint density at radius 2 is 1.94 bits per heavy atom. The van der Waals surface area contributed by atoms with Gasteiger partial charge in [-0.2, -0.15) is 4.98 Å². The van der Waals surface area contributed by atoms with Gasteiger partial charge < -0.3 is 19.5 Å². The van der Waals surface area contributed by atoms with Crippen LogP contribution in [-0.2, 0) is 0 Å². The van der Waals surface area contributed by atoms with E-state index in [1.807, 2.05) is 42.5 Å². The van der Waals surface area contributed by atoms with Crippen molar-refractivity contribution in [1.29, 1.82) is 0 Å². The largest absolute Gasteiger partial charge is 0.497 e. The minimum Gasteiger partial charge on any atom is -0.497 e. The average Bonchev–Trinajstić information content (AvgIpc) is 2.98. The first-order chi connectivity index (χ1) is 15.2. The van der Waals surface area contributed by atoms with Crippen molar-refractivity contribution in [2.45, 2.75) is 37.6 Å². The third-order valence-corrected chi connectivity index (χ3v) is 5.96. The Hall–Kier alpha value is -3.00. The summed E-state index contributed by atoms with van der Waals surface area (Å²) in [7, 11) is 3.27. The SMILES string of the molecule is CCCCCSc1nnc2c(n1)O[C@@H](c1cc(OC)ccc1OC)Nc1ccccc1-2. The van der Waals surface area contributed by atoms with Crippen molar-refractivity contribution in [2.24, 2.45) is 0 Å². The molecule has 8 heteroatoms. The fourth-order valence-corrected chi connectivity index (χ4v) is 4.19. The number of benzene rings is 2. The molecule has 0 fully saturated rings. The van der Waals surface area contributed by atoms with Crippen molar-refractivity contribution in [3.05, 3.63) is 48.0 Å². The van der Waals surface area contributed by atoms with Gasteiger partial charge in [-0.1, -0.05) is 49.7 Å². The predicted molar refractivity (Wildman–Crippen MR) is 122 cm³/mol. The first-order valence-corrected chi connectivity index (χ1v) is 11.3. The summed E-state index contributed by atoms with van der Waals surface area (Å²) in [5.74, 6) is 2.80. The van der Waals surface area contributed by atoms with Crippen molar-refractivity contribution in [1.82, 2.24) is 15.2 Å². The minimum atomic E-state index is -0.540. The van der Waals surface area contributed by atoms with Crippen molar-refractivity contribution >= 4 is 17.4 Å². The summed E-state index contributed by atoms with van der Waals surface area (Å²) in [6.07, 6.45) is 2.95. The van der Waals surface area contributed by atoms with Gasteiger partial charge in [0.15, 0.2) is 5.69 Å². The highest BCUT2D eigenvalue weighted by atomic mass is 32.2. The molecule has 0 aliphatic carbocycles. The van der Waals surface area contributed by atoms with Gasteiger partial charge in [0.05, 0.1) is 19.8 Å². The Kier molecular flexibility index (Phi) is 6.76. The van der Waals surface area contributed by atoms with E-state index in [0.717, 1.165) is 29.0 Å². The molecule has 1 aliphatic rings. The van der Waals surface area contributed by atoms with Crippen LogP contribution in [0.25, 0.3) is 11.3 Å². The second kappa shape index (κ2) is 9.87. The molecule has 1 aliphatic heterocycles. The van der Waals surface area contributed by atoms with E-state index >= 15 is 0 Å². The van der Waals surface area contributed by atoms with Crippen LogP contribution in [0.3, 0.4) is 0 Å². The monoisotopic (exact) mass is 438 g/mol. The molecule has 0 unspecified atom stereocenters. The number of methoxy groups -OCH3 is 2. The summed E-state index contributed by atoms with van der Waals surface area (Å²) in [4.78, 5) is 4.70. The lowest BCUT2D eigenvalue weighted by atomic mass is 10.1. The summed E-state index contributed by atoms with van der Waals surface area (Å²) in [5, 5.41) is 12.9. The van der Waals surface area contributed by atoms with Gasteiger partial charge in [0, 0.05) is 17.0 Å². The Morgan fingerprint density at radius 3 is 2.74 bits per heavy atom. The van der Waals surface area contributed by atoms with Crippen LogP contribution in [-0.4, -0.2) is 35.2 Å². The maximum Gasteiger partial charge on any atom is 0.247 e. The predicted octanol–water partition coefficient (Wildman–Crippen LogP) is 5.34. The zero-order valence-corrected chi connectivity index (χ0v) is 18.7. The van der Waals surface area contributed by atoms with E-state index in [1.165, 1.54) is 12.8 Å². The van der Waals surface area contributed by atoms with Crippen molar-refractivity contribution in [3.63, 3.8) is 0 Å². The molecule has 2 heterocycles. The second-order valence-electron chi connectivity index (χ2n) is 7.10. The fourth-order valence-electron chi connectivity index (χ4n) is 3.41. The number of unbranched alkanes of at least 4 members (excludes halogenated alkanes) is 2. The second-order valence-corrected chi connectivity index (χ2v) is 8.16. The third kappa shape index (κ3) is 4.69. The summed E-state index contributed by atoms with van der Waals surface area (Å²) in [6, 6.07) is 13.5. The summed E-state index contributed by atoms with van der Waals surface area (Å²) in [5.41, 5.74) is 3.20. The van der Waals surface area contributed by atoms with Gasteiger partial charge >= 0.3 is 0 Å². The van der Waals surface area contributed by atoms with Crippen molar-refractivity contribution < 1.29 is 14.2 Å². The number of hydrogen-bond donors (Lipinski definition) is 1. The maximum absolute atomic E-state index is 6.36. The highest BCUT2D eigenvalue weighted by Gasteiger charge is 2.28. The lowest BCUT2D eigenvalue weighted by molar-refractivity contribution is 0.219. The Morgan fingerprint density at radius 1 is 1.06 bits per heavy atom. The lowest BCUT2D eigenvalue weighted by Gasteiger charge is -2.21. The van der Waals surface area contributed by atoms with Crippen molar-refractivity contribution in [3.8, 4) is 28.6 Å². The summed E-state index contributed by atoms with van der Waals surface area (Å²) >= 11 is 1.60. The maximum atomic E-state index is 6.36. The Labute approximate surface area is 186 Å². The molecule has 1 aromatic heterocycles. The molecule has 0 bridgehead atoms. The molecule has 0 radical (unpaired) electrons. The number of ether oxygens (including phenoxy) is 3. The van der Waals surface area contributed by atoms with E-state index in [4.69, 9.17) is 19.2 Å². The fraction of sp³-hybridized carbons (Fsp3) is 0.348. The highest BCUT2D eigenvalue weighted by Crippen LogP contribution is 2.41. The van der Waals surface area contributed by atoms with Crippen LogP contribution in [0.2, 0.25) is 0 Å². The summed E-state index contributed by atoms with van der Waals surface area (Å²) in [6.45, 7) is 2.19. The van der Waals surface area contributed by atoms with Gasteiger partial charge in [-0.3, -0.25) is 0 Å². The van der Waals surface area contributed by atoms with E-state index in [9.17, 15) is 0 Å². The van der Waals surface area contributed by atoms with Crippen LogP contribution in [0.5, 0.6) is 17.4 Å². The van der Waals surface area contributed by atoms with E-state index in [1.54, 1.807) is 26.0 Å². The number of fused-ring (bicyclic) bond motifs is 3. The average molecular weight is 439 g/mol. The van der Waals surface area contributed by atoms with E-state index in [2.05, 4.69) is 22.4 Å². The number of rotatable bonds is 8. The van der Waals surface area contributed by atoms with Gasteiger partial charge in [0.1, 0.15) is 11.5 Å². The molecule has 7 nitrogen and oxygen atoms in total. The van der Waals surface area contributed by atoms with E-state index in [0.29, 0.717) is 28.2 Å². The number of aromatic nitrogens is 3. The van der Waals surface area contributed by atoms with Crippen LogP contribution < -0.4 is 19.5 Å². The van der Waals surface area contributed by atoms with Crippen LogP contribution >= 0.6 is 11.8 Å². The molecule has 2 aromatic carbocycles. The first kappa shape index (κ1) is 21.2. The molecule has 31 heavy (non-hydrogen) atoms. The quantitative estimate of drug-likeness (QED) is 0.373. The van der Waals surface area contributed by atoms with E-state index < -0.39 is 6.23 Å². The van der Waals surface area contributed by atoms with Gasteiger partial charge in [-0.05, 0) is 30.7 Å². The summed E-state index contributed by atoms with van der Waals surface area (Å²) < 4.78 is 17.4. The number of thioether (sulfide) groups is 1. The van der Waals surface area contributed by atoms with Crippen LogP contribution in [0.4, 0.5) is 5.69 Å². The molecule has 0 spiro atoms. The molecule has 162 valence electrons. The topological polar surface area (TPSA) is 78.4 Å². The molecular formula is C23H26N4O3S. The molecule has 3 aromatic rings. The molecule has 0 saturated heterocycles. The molecule has 1 atom stereocenters. The molecule has 1 N–H and O–H groups in total. The van der Waals surface area contributed by atoms with Crippen LogP contribution in [0.15, 0.2) is 47.6 Å². The third-order valence-electron chi connectivity index (χ3n) is 5.03. The van der Waals surface area contributed by atoms with Gasteiger partial charge in [0.2, 0.25) is 17.3 Å². The van der Waals surface area contributed by atoms with Crippen molar-refractivity contribution in [2.75, 3.05) is 25.3 Å². The number of hydrogen-bond acceptors (Lipinski definition) is 8. The number of nitrogens with zero attached hydrogens (tertiary/aromatic N) is 3.